The van der Waals surface area contributed by atoms with E-state index in [0.717, 1.165) is 24.2 Å². The second-order valence-electron chi connectivity index (χ2n) is 7.08. The molecule has 20 heavy (non-hydrogen) atoms. The van der Waals surface area contributed by atoms with E-state index in [1.165, 1.54) is 5.56 Å². The van der Waals surface area contributed by atoms with Gasteiger partial charge in [-0.25, -0.2) is 0 Å². The van der Waals surface area contributed by atoms with E-state index < -0.39 is 0 Å². The Morgan fingerprint density at radius 2 is 1.75 bits per heavy atom. The molecule has 0 aliphatic carbocycles. The molecule has 1 atom stereocenters. The SMILES string of the molecule is CC1COc2cc(B3OC(C)(C)C(C)(C)O3)ccc2C1. The van der Waals surface area contributed by atoms with Crippen LogP contribution in [-0.2, 0) is 15.7 Å². The second kappa shape index (κ2) is 4.50. The number of fused-ring (bicyclic) bond motifs is 1. The van der Waals surface area contributed by atoms with Gasteiger partial charge in [-0.1, -0.05) is 19.1 Å². The van der Waals surface area contributed by atoms with Gasteiger partial charge < -0.3 is 14.0 Å². The molecule has 1 aromatic rings. The third-order valence-electron chi connectivity index (χ3n) is 4.71. The molecule has 108 valence electrons. The fraction of sp³-hybridized carbons (Fsp3) is 0.625. The highest BCUT2D eigenvalue weighted by molar-refractivity contribution is 6.62. The van der Waals surface area contributed by atoms with Crippen molar-refractivity contribution < 1.29 is 14.0 Å². The van der Waals surface area contributed by atoms with Crippen molar-refractivity contribution in [3.8, 4) is 5.75 Å². The van der Waals surface area contributed by atoms with Gasteiger partial charge in [-0.15, -0.1) is 0 Å². The van der Waals surface area contributed by atoms with Crippen molar-refractivity contribution in [3.05, 3.63) is 23.8 Å². The monoisotopic (exact) mass is 274 g/mol. The van der Waals surface area contributed by atoms with Crippen molar-refractivity contribution >= 4 is 12.6 Å². The van der Waals surface area contributed by atoms with Crippen LogP contribution in [0.5, 0.6) is 5.75 Å². The third-order valence-corrected chi connectivity index (χ3v) is 4.71. The topological polar surface area (TPSA) is 27.7 Å². The lowest BCUT2D eigenvalue weighted by atomic mass is 9.78. The van der Waals surface area contributed by atoms with Crippen LogP contribution >= 0.6 is 0 Å². The summed E-state index contributed by atoms with van der Waals surface area (Å²) in [6, 6.07) is 6.32. The van der Waals surface area contributed by atoms with Crippen LogP contribution in [-0.4, -0.2) is 24.9 Å². The normalized spacial score (nSPS) is 27.1. The first-order valence-electron chi connectivity index (χ1n) is 7.40. The van der Waals surface area contributed by atoms with E-state index in [2.05, 4.69) is 52.8 Å². The van der Waals surface area contributed by atoms with Crippen molar-refractivity contribution in [2.75, 3.05) is 6.61 Å². The molecule has 0 radical (unpaired) electrons. The van der Waals surface area contributed by atoms with Crippen LogP contribution in [0, 0.1) is 5.92 Å². The molecule has 0 saturated carbocycles. The molecule has 1 aromatic carbocycles. The maximum atomic E-state index is 6.08. The number of rotatable bonds is 1. The Labute approximate surface area is 121 Å². The van der Waals surface area contributed by atoms with Gasteiger partial charge in [0.2, 0.25) is 0 Å². The Morgan fingerprint density at radius 3 is 2.40 bits per heavy atom. The minimum absolute atomic E-state index is 0.303. The Hall–Kier alpha value is -0.995. The smallest absolute Gasteiger partial charge is 0.493 e. The van der Waals surface area contributed by atoms with Gasteiger partial charge in [0.1, 0.15) is 5.75 Å². The zero-order valence-corrected chi connectivity index (χ0v) is 13.0. The average molecular weight is 274 g/mol. The summed E-state index contributed by atoms with van der Waals surface area (Å²) in [6.45, 7) is 11.3. The lowest BCUT2D eigenvalue weighted by molar-refractivity contribution is 0.00578. The second-order valence-corrected chi connectivity index (χ2v) is 7.08. The van der Waals surface area contributed by atoms with E-state index in [0.29, 0.717) is 5.92 Å². The molecule has 3 rings (SSSR count). The fourth-order valence-electron chi connectivity index (χ4n) is 2.67. The molecule has 2 heterocycles. The Balaban J connectivity index is 1.86. The van der Waals surface area contributed by atoms with Crippen LogP contribution in [0.2, 0.25) is 0 Å². The molecule has 0 spiro atoms. The summed E-state index contributed by atoms with van der Waals surface area (Å²) >= 11 is 0. The summed E-state index contributed by atoms with van der Waals surface area (Å²) in [5.74, 6) is 1.57. The molecule has 0 N–H and O–H groups in total. The van der Waals surface area contributed by atoms with E-state index in [9.17, 15) is 0 Å². The minimum atomic E-state index is -0.312. The molecule has 0 bridgehead atoms. The van der Waals surface area contributed by atoms with Gasteiger partial charge in [-0.2, -0.15) is 0 Å². The van der Waals surface area contributed by atoms with Gasteiger partial charge in [0, 0.05) is 0 Å². The first-order chi connectivity index (χ1) is 9.28. The van der Waals surface area contributed by atoms with Gasteiger partial charge in [0.05, 0.1) is 17.8 Å². The maximum Gasteiger partial charge on any atom is 0.494 e. The van der Waals surface area contributed by atoms with E-state index >= 15 is 0 Å². The highest BCUT2D eigenvalue weighted by Crippen LogP contribution is 2.37. The van der Waals surface area contributed by atoms with E-state index in [-0.39, 0.29) is 18.3 Å². The fourth-order valence-corrected chi connectivity index (χ4v) is 2.67. The minimum Gasteiger partial charge on any atom is -0.493 e. The largest absolute Gasteiger partial charge is 0.494 e. The van der Waals surface area contributed by atoms with Crippen molar-refractivity contribution in [1.29, 1.82) is 0 Å². The van der Waals surface area contributed by atoms with Crippen molar-refractivity contribution in [1.82, 2.24) is 0 Å². The average Bonchev–Trinajstić information content (AvgIpc) is 2.58. The number of ether oxygens (including phenoxy) is 1. The number of benzene rings is 1. The lowest BCUT2D eigenvalue weighted by Crippen LogP contribution is -2.41. The standard InChI is InChI=1S/C16H23BO3/c1-11-8-12-6-7-13(9-14(12)18-10-11)17-19-15(2,3)16(4,5)20-17/h6-7,9,11H,8,10H2,1-5H3. The summed E-state index contributed by atoms with van der Waals surface area (Å²) in [7, 11) is -0.312. The molecule has 3 nitrogen and oxygen atoms in total. The van der Waals surface area contributed by atoms with E-state index in [1.54, 1.807) is 0 Å². The predicted molar refractivity (Wildman–Crippen MR) is 80.5 cm³/mol. The van der Waals surface area contributed by atoms with Crippen molar-refractivity contribution in [3.63, 3.8) is 0 Å². The Kier molecular flexibility index (Phi) is 3.14. The summed E-state index contributed by atoms with van der Waals surface area (Å²) in [6.07, 6.45) is 1.08. The van der Waals surface area contributed by atoms with Gasteiger partial charge >= 0.3 is 7.12 Å². The summed E-state index contributed by atoms with van der Waals surface area (Å²) in [4.78, 5) is 0. The lowest BCUT2D eigenvalue weighted by Gasteiger charge is -2.32. The molecule has 1 saturated heterocycles. The van der Waals surface area contributed by atoms with Gasteiger partial charge in [-0.3, -0.25) is 0 Å². The molecular weight excluding hydrogens is 251 g/mol. The highest BCUT2D eigenvalue weighted by Gasteiger charge is 2.51. The zero-order valence-electron chi connectivity index (χ0n) is 13.0. The molecule has 4 heteroatoms. The van der Waals surface area contributed by atoms with Crippen LogP contribution in [0.3, 0.4) is 0 Å². The molecule has 0 amide bonds. The number of hydrogen-bond donors (Lipinski definition) is 0. The number of hydrogen-bond acceptors (Lipinski definition) is 3. The van der Waals surface area contributed by atoms with Gasteiger partial charge in [-0.05, 0) is 57.1 Å². The quantitative estimate of drug-likeness (QED) is 0.737. The van der Waals surface area contributed by atoms with Crippen LogP contribution in [0.25, 0.3) is 0 Å². The van der Waals surface area contributed by atoms with Crippen molar-refractivity contribution in [2.24, 2.45) is 5.92 Å². The molecular formula is C16H23BO3. The zero-order chi connectivity index (χ0) is 14.5. The van der Waals surface area contributed by atoms with Crippen LogP contribution < -0.4 is 10.2 Å². The first kappa shape index (κ1) is 14.0. The third kappa shape index (κ3) is 2.25. The van der Waals surface area contributed by atoms with E-state index in [4.69, 9.17) is 14.0 Å². The van der Waals surface area contributed by atoms with Crippen LogP contribution in [0.1, 0.15) is 40.2 Å². The molecule has 0 aromatic heterocycles. The first-order valence-corrected chi connectivity index (χ1v) is 7.40. The molecule has 2 aliphatic rings. The highest BCUT2D eigenvalue weighted by atomic mass is 16.7. The predicted octanol–water partition coefficient (Wildman–Crippen LogP) is 2.56. The molecule has 2 aliphatic heterocycles. The summed E-state index contributed by atoms with van der Waals surface area (Å²) in [5, 5.41) is 0. The Morgan fingerprint density at radius 1 is 1.10 bits per heavy atom. The molecule has 1 fully saturated rings. The van der Waals surface area contributed by atoms with Crippen molar-refractivity contribution in [2.45, 2.75) is 52.2 Å². The van der Waals surface area contributed by atoms with E-state index in [1.807, 2.05) is 0 Å². The van der Waals surface area contributed by atoms with Crippen LogP contribution in [0.4, 0.5) is 0 Å². The van der Waals surface area contributed by atoms with Gasteiger partial charge in [0.15, 0.2) is 0 Å². The summed E-state index contributed by atoms with van der Waals surface area (Å²) in [5.41, 5.74) is 1.72. The summed E-state index contributed by atoms with van der Waals surface area (Å²) < 4.78 is 18.0. The van der Waals surface area contributed by atoms with Gasteiger partial charge in [0.25, 0.3) is 0 Å². The molecule has 1 unspecified atom stereocenters. The Bertz CT molecular complexity index is 508. The maximum absolute atomic E-state index is 6.08. The van der Waals surface area contributed by atoms with Crippen LogP contribution in [0.15, 0.2) is 18.2 Å².